The number of phosphoric ester groups is 1. The third-order valence-corrected chi connectivity index (χ3v) is 12.7. The first kappa shape index (κ1) is 61.7. The second kappa shape index (κ2) is 40.9. The van der Waals surface area contributed by atoms with E-state index in [2.05, 4.69) is 26.0 Å². The summed E-state index contributed by atoms with van der Waals surface area (Å²) in [5.41, 5.74) is 6.20. The molecule has 0 rings (SSSR count). The molecular weight excluding hydrogens is 856 g/mol. The van der Waals surface area contributed by atoms with Crippen LogP contribution in [0.25, 0.3) is 0 Å². The van der Waals surface area contributed by atoms with E-state index < -0.39 is 62.4 Å². The van der Waals surface area contributed by atoms with Crippen LogP contribution in [0.2, 0.25) is 0 Å². The first-order valence-electron chi connectivity index (χ1n) is 24.3. The fraction of sp³-hybridized carbons (Fsp3) is 0.776. The van der Waals surface area contributed by atoms with Crippen molar-refractivity contribution in [3.63, 3.8) is 0 Å². The third kappa shape index (κ3) is 41.2. The average Bonchev–Trinajstić information content (AvgIpc) is 3.23. The number of phosphoric acid groups is 1. The van der Waals surface area contributed by atoms with Crippen molar-refractivity contribution in [2.75, 3.05) is 53.3 Å². The Morgan fingerprint density at radius 1 is 0.734 bits per heavy atom. The van der Waals surface area contributed by atoms with E-state index in [1.54, 1.807) is 12.2 Å². The van der Waals surface area contributed by atoms with Crippen molar-refractivity contribution < 1.29 is 57.1 Å². The number of thioether (sulfide) groups is 1. The maximum absolute atomic E-state index is 13.0. The first-order chi connectivity index (χ1) is 30.6. The Morgan fingerprint density at radius 3 is 1.91 bits per heavy atom. The summed E-state index contributed by atoms with van der Waals surface area (Å²) >= 11 is 1.22. The molecule has 4 N–H and O–H groups in total. The normalized spacial score (nSPS) is 15.2. The van der Waals surface area contributed by atoms with Crippen molar-refractivity contribution in [3.8, 4) is 0 Å². The van der Waals surface area contributed by atoms with Crippen molar-refractivity contribution in [3.05, 3.63) is 48.6 Å². The van der Waals surface area contributed by atoms with Gasteiger partial charge in [-0.2, -0.15) is 0 Å². The SMILES string of the molecule is CCCCC/C=C\C\C=C/C=C/C=C/[C@@H](SC[C@H](N)C(=O)OC[C@H](COP(=O)([O-])OCC[N+](C)(C)C)OC(=O)CCCCCCCCCCCCCCCCC)[C@@H](O)CCCC(=O)O. The van der Waals surface area contributed by atoms with Crippen molar-refractivity contribution in [2.45, 2.75) is 191 Å². The van der Waals surface area contributed by atoms with Crippen LogP contribution >= 0.6 is 19.6 Å². The zero-order valence-electron chi connectivity index (χ0n) is 40.4. The van der Waals surface area contributed by atoms with Crippen LogP contribution < -0.4 is 10.6 Å². The zero-order chi connectivity index (χ0) is 47.7. The second-order valence-electron chi connectivity index (χ2n) is 17.7. The van der Waals surface area contributed by atoms with Gasteiger partial charge in [0.25, 0.3) is 7.82 Å². The van der Waals surface area contributed by atoms with Crippen LogP contribution in [0.5, 0.6) is 0 Å². The fourth-order valence-electron chi connectivity index (χ4n) is 6.39. The van der Waals surface area contributed by atoms with Gasteiger partial charge in [-0.25, -0.2) is 0 Å². The summed E-state index contributed by atoms with van der Waals surface area (Å²) in [5.74, 6) is -2.27. The number of unbranched alkanes of at least 4 members (excludes halogenated alkanes) is 17. The van der Waals surface area contributed by atoms with Gasteiger partial charge in [-0.1, -0.05) is 165 Å². The maximum Gasteiger partial charge on any atom is 0.323 e. The lowest BCUT2D eigenvalue weighted by atomic mass is 10.0. The molecule has 0 aliphatic heterocycles. The predicted octanol–water partition coefficient (Wildman–Crippen LogP) is 10.2. The molecule has 0 aromatic rings. The highest BCUT2D eigenvalue weighted by molar-refractivity contribution is 8.00. The van der Waals surface area contributed by atoms with Crippen LogP contribution in [-0.4, -0.2) is 109 Å². The lowest BCUT2D eigenvalue weighted by molar-refractivity contribution is -0.870. The maximum atomic E-state index is 13.0. The van der Waals surface area contributed by atoms with Crippen molar-refractivity contribution in [2.24, 2.45) is 5.73 Å². The molecule has 372 valence electrons. The standard InChI is InChI=1S/C49H89N2O11PS/c1-6-8-10-12-14-16-18-20-21-22-24-26-28-30-32-37-48(55)62-43(41-61-63(57,58)60-39-38-51(3,4)5)40-59-49(56)44(50)42-64-46(45(52)34-33-36-47(53)54)35-31-29-27-25-23-19-17-15-13-11-9-7-2/h15,17,23,25,27,29,31,35,43-46,52H,6-14,16,18-22,24,26,28,30,32-34,36-42,50H2,1-5H3,(H-,53,54,57,58)/b17-15-,25-23-,29-27+,35-31+/t43-,44+,45+,46-/m1/s1. The number of rotatable bonds is 44. The fourth-order valence-corrected chi connectivity index (χ4v) is 8.24. The number of carboxylic acids is 1. The van der Waals surface area contributed by atoms with E-state index in [0.717, 1.165) is 32.1 Å². The first-order valence-corrected chi connectivity index (χ1v) is 26.8. The Bertz CT molecular complexity index is 1350. The molecule has 5 atom stereocenters. The molecule has 0 fully saturated rings. The van der Waals surface area contributed by atoms with Gasteiger partial charge in [-0.15, -0.1) is 11.8 Å². The van der Waals surface area contributed by atoms with Gasteiger partial charge in [-0.05, 0) is 38.5 Å². The highest BCUT2D eigenvalue weighted by Gasteiger charge is 2.25. The van der Waals surface area contributed by atoms with Gasteiger partial charge in [0.05, 0.1) is 33.9 Å². The van der Waals surface area contributed by atoms with Crippen LogP contribution in [0.1, 0.15) is 168 Å². The van der Waals surface area contributed by atoms with Crippen LogP contribution in [0, 0.1) is 0 Å². The van der Waals surface area contributed by atoms with E-state index >= 15 is 0 Å². The number of esters is 2. The number of aliphatic carboxylic acids is 1. The molecule has 0 amide bonds. The molecule has 0 saturated carbocycles. The summed E-state index contributed by atoms with van der Waals surface area (Å²) in [6, 6.07) is -1.14. The van der Waals surface area contributed by atoms with E-state index in [1.807, 2.05) is 45.4 Å². The molecule has 1 unspecified atom stereocenters. The van der Waals surface area contributed by atoms with Crippen LogP contribution in [0.3, 0.4) is 0 Å². The molecule has 0 aliphatic carbocycles. The number of aliphatic hydroxyl groups excluding tert-OH is 1. The van der Waals surface area contributed by atoms with Crippen LogP contribution in [-0.2, 0) is 37.5 Å². The molecule has 13 nitrogen and oxygen atoms in total. The topological polar surface area (TPSA) is 195 Å². The van der Waals surface area contributed by atoms with E-state index in [0.29, 0.717) is 17.4 Å². The van der Waals surface area contributed by atoms with E-state index in [9.17, 15) is 28.9 Å². The molecule has 0 aromatic carbocycles. The molecule has 0 radical (unpaired) electrons. The number of ether oxygens (including phenoxy) is 2. The highest BCUT2D eigenvalue weighted by atomic mass is 32.2. The molecule has 0 heterocycles. The minimum Gasteiger partial charge on any atom is -0.756 e. The van der Waals surface area contributed by atoms with Gasteiger partial charge in [0.15, 0.2) is 6.10 Å². The lowest BCUT2D eigenvalue weighted by Crippen LogP contribution is -2.39. The number of likely N-dealkylation sites (N-methyl/N-ethyl adjacent to an activating group) is 1. The Labute approximate surface area is 392 Å². The molecule has 15 heteroatoms. The summed E-state index contributed by atoms with van der Waals surface area (Å²) < 4.78 is 34.0. The van der Waals surface area contributed by atoms with Gasteiger partial charge >= 0.3 is 17.9 Å². The number of nitrogens with zero attached hydrogens (tertiary/aromatic N) is 1. The molecule has 64 heavy (non-hydrogen) atoms. The molecule has 0 aromatic heterocycles. The van der Waals surface area contributed by atoms with Gasteiger partial charge in [0.1, 0.15) is 25.8 Å². The molecule has 0 bridgehead atoms. The molecule has 0 aliphatic rings. The number of hydrogen-bond acceptors (Lipinski definition) is 12. The zero-order valence-corrected chi connectivity index (χ0v) is 42.1. The summed E-state index contributed by atoms with van der Waals surface area (Å²) in [6.45, 7) is 3.62. The van der Waals surface area contributed by atoms with Crippen LogP contribution in [0.4, 0.5) is 0 Å². The van der Waals surface area contributed by atoms with Gasteiger partial charge < -0.3 is 43.8 Å². The Morgan fingerprint density at radius 2 is 1.31 bits per heavy atom. The Kier molecular flexibility index (Phi) is 39.5. The Hall–Kier alpha value is -2.29. The molecular formula is C49H89N2O11PS. The molecule has 0 saturated heterocycles. The van der Waals surface area contributed by atoms with Gasteiger partial charge in [0.2, 0.25) is 0 Å². The second-order valence-corrected chi connectivity index (χ2v) is 20.3. The summed E-state index contributed by atoms with van der Waals surface area (Å²) in [5, 5.41) is 19.5. The van der Waals surface area contributed by atoms with E-state index in [1.165, 1.54) is 102 Å². The van der Waals surface area contributed by atoms with Crippen LogP contribution in [0.15, 0.2) is 48.6 Å². The smallest absolute Gasteiger partial charge is 0.323 e. The number of carboxylic acid groups (broad SMARTS) is 1. The summed E-state index contributed by atoms with van der Waals surface area (Å²) in [7, 11) is 0.908. The van der Waals surface area contributed by atoms with E-state index in [4.69, 9.17) is 29.4 Å². The quantitative estimate of drug-likeness (QED) is 0.0131. The number of aliphatic hydroxyl groups is 1. The number of carbonyl (C=O) groups is 3. The third-order valence-electron chi connectivity index (χ3n) is 10.3. The highest BCUT2D eigenvalue weighted by Crippen LogP contribution is 2.38. The number of hydrogen-bond donors (Lipinski definition) is 3. The molecule has 0 spiro atoms. The number of allylic oxidation sites excluding steroid dienone is 7. The van der Waals surface area contributed by atoms with Crippen molar-refractivity contribution >= 4 is 37.5 Å². The van der Waals surface area contributed by atoms with Gasteiger partial charge in [0, 0.05) is 23.8 Å². The lowest BCUT2D eigenvalue weighted by Gasteiger charge is -2.28. The largest absolute Gasteiger partial charge is 0.756 e. The number of carbonyl (C=O) groups excluding carboxylic acids is 2. The Balaban J connectivity index is 5.19. The van der Waals surface area contributed by atoms with Gasteiger partial charge in [-0.3, -0.25) is 18.9 Å². The summed E-state index contributed by atoms with van der Waals surface area (Å²) in [4.78, 5) is 49.5. The van der Waals surface area contributed by atoms with Crippen molar-refractivity contribution in [1.82, 2.24) is 0 Å². The van der Waals surface area contributed by atoms with Crippen molar-refractivity contribution in [1.29, 1.82) is 0 Å². The predicted molar refractivity (Wildman–Crippen MR) is 260 cm³/mol. The minimum atomic E-state index is -4.76. The minimum absolute atomic E-state index is 0.0497. The summed E-state index contributed by atoms with van der Waals surface area (Å²) in [6.07, 6.45) is 37.4. The number of quaternary nitrogens is 1. The average molecular weight is 945 g/mol. The van der Waals surface area contributed by atoms with E-state index in [-0.39, 0.29) is 38.0 Å². The monoisotopic (exact) mass is 945 g/mol. The number of nitrogens with two attached hydrogens (primary N) is 1.